The molecule has 0 saturated heterocycles. The van der Waals surface area contributed by atoms with Gasteiger partial charge in [-0.05, 0) is 44.0 Å². The molecular formula is C21H28N2O2. The predicted octanol–water partition coefficient (Wildman–Crippen LogP) is 3.90. The number of benzene rings is 2. The van der Waals surface area contributed by atoms with Crippen LogP contribution in [0.25, 0.3) is 0 Å². The first kappa shape index (κ1) is 19.0. The maximum Gasteiger partial charge on any atom is 0.251 e. The molecule has 0 spiro atoms. The van der Waals surface area contributed by atoms with Crippen molar-refractivity contribution in [1.82, 2.24) is 10.6 Å². The van der Waals surface area contributed by atoms with Crippen molar-refractivity contribution in [2.75, 3.05) is 6.54 Å². The van der Waals surface area contributed by atoms with Gasteiger partial charge < -0.3 is 15.4 Å². The smallest absolute Gasteiger partial charge is 0.251 e. The van der Waals surface area contributed by atoms with Crippen LogP contribution >= 0.6 is 0 Å². The summed E-state index contributed by atoms with van der Waals surface area (Å²) in [5.74, 6) is 0.900. The maximum absolute atomic E-state index is 12.1. The van der Waals surface area contributed by atoms with E-state index in [2.05, 4.69) is 16.7 Å². The normalized spacial score (nSPS) is 10.7. The Morgan fingerprint density at radius 2 is 1.88 bits per heavy atom. The summed E-state index contributed by atoms with van der Waals surface area (Å²) in [7, 11) is 0. The Bertz CT molecular complexity index is 683. The molecule has 2 aromatic rings. The summed E-state index contributed by atoms with van der Waals surface area (Å²) in [6, 6.07) is 15.8. The van der Waals surface area contributed by atoms with Gasteiger partial charge >= 0.3 is 0 Å². The van der Waals surface area contributed by atoms with Crippen molar-refractivity contribution in [3.05, 3.63) is 65.2 Å². The zero-order chi connectivity index (χ0) is 18.1. The van der Waals surface area contributed by atoms with E-state index in [0.717, 1.165) is 29.8 Å². The zero-order valence-corrected chi connectivity index (χ0v) is 15.3. The highest BCUT2D eigenvalue weighted by Gasteiger charge is 2.07. The lowest BCUT2D eigenvalue weighted by Gasteiger charge is -2.14. The van der Waals surface area contributed by atoms with Crippen molar-refractivity contribution in [2.45, 2.75) is 46.4 Å². The predicted molar refractivity (Wildman–Crippen MR) is 102 cm³/mol. The van der Waals surface area contributed by atoms with Crippen molar-refractivity contribution >= 4 is 5.91 Å². The van der Waals surface area contributed by atoms with Crippen LogP contribution in [0.3, 0.4) is 0 Å². The highest BCUT2D eigenvalue weighted by molar-refractivity contribution is 5.94. The first-order chi connectivity index (χ1) is 12.1. The molecule has 1 amide bonds. The molecule has 0 fully saturated rings. The third-order valence-corrected chi connectivity index (χ3v) is 3.70. The molecule has 0 atom stereocenters. The zero-order valence-electron chi connectivity index (χ0n) is 15.3. The van der Waals surface area contributed by atoms with Gasteiger partial charge in [-0.1, -0.05) is 37.3 Å². The quantitative estimate of drug-likeness (QED) is 0.728. The lowest BCUT2D eigenvalue weighted by Crippen LogP contribution is -2.24. The van der Waals surface area contributed by atoms with Crippen LogP contribution < -0.4 is 15.4 Å². The molecule has 0 aliphatic carbocycles. The molecule has 4 nitrogen and oxygen atoms in total. The van der Waals surface area contributed by atoms with Crippen LogP contribution in [0.2, 0.25) is 0 Å². The molecule has 4 heteroatoms. The molecule has 0 bridgehead atoms. The molecular weight excluding hydrogens is 312 g/mol. The van der Waals surface area contributed by atoms with Crippen LogP contribution in [0.15, 0.2) is 48.5 Å². The molecule has 2 aromatic carbocycles. The Kier molecular flexibility index (Phi) is 7.48. The number of para-hydroxylation sites is 1. The Hall–Kier alpha value is -2.33. The van der Waals surface area contributed by atoms with Gasteiger partial charge in [-0.3, -0.25) is 4.79 Å². The summed E-state index contributed by atoms with van der Waals surface area (Å²) in [6.45, 7) is 8.22. The molecule has 25 heavy (non-hydrogen) atoms. The topological polar surface area (TPSA) is 50.4 Å². The largest absolute Gasteiger partial charge is 0.491 e. The van der Waals surface area contributed by atoms with E-state index < -0.39 is 0 Å². The summed E-state index contributed by atoms with van der Waals surface area (Å²) in [5, 5.41) is 6.34. The van der Waals surface area contributed by atoms with Crippen LogP contribution in [-0.2, 0) is 13.1 Å². The number of carbonyl (C=O) groups is 1. The number of carbonyl (C=O) groups excluding carboxylic acids is 1. The molecule has 2 rings (SSSR count). The lowest BCUT2D eigenvalue weighted by molar-refractivity contribution is 0.0953. The van der Waals surface area contributed by atoms with Gasteiger partial charge in [0, 0.05) is 30.8 Å². The van der Waals surface area contributed by atoms with Gasteiger partial charge in [-0.15, -0.1) is 0 Å². The number of hydrogen-bond donors (Lipinski definition) is 2. The third-order valence-electron chi connectivity index (χ3n) is 3.70. The highest BCUT2D eigenvalue weighted by Crippen LogP contribution is 2.19. The van der Waals surface area contributed by atoms with Crippen molar-refractivity contribution in [3.63, 3.8) is 0 Å². The molecule has 0 aromatic heterocycles. The maximum atomic E-state index is 12.1. The van der Waals surface area contributed by atoms with Crippen LogP contribution in [0, 0.1) is 0 Å². The standard InChI is InChI=1S/C21H28N2O2/c1-4-12-23-21(24)18-10-7-8-17(13-18)14-22-15-19-9-5-6-11-20(19)25-16(2)3/h5-11,13,16,22H,4,12,14-15H2,1-3H3,(H,23,24). The number of rotatable bonds is 9. The second kappa shape index (κ2) is 9.84. The minimum Gasteiger partial charge on any atom is -0.491 e. The Morgan fingerprint density at radius 1 is 1.08 bits per heavy atom. The van der Waals surface area contributed by atoms with Crippen molar-refractivity contribution < 1.29 is 9.53 Å². The van der Waals surface area contributed by atoms with E-state index >= 15 is 0 Å². The average Bonchev–Trinajstić information content (AvgIpc) is 2.61. The molecule has 0 saturated carbocycles. The van der Waals surface area contributed by atoms with Gasteiger partial charge in [-0.25, -0.2) is 0 Å². The third kappa shape index (κ3) is 6.24. The first-order valence-electron chi connectivity index (χ1n) is 8.92. The van der Waals surface area contributed by atoms with Crippen molar-refractivity contribution in [2.24, 2.45) is 0 Å². The molecule has 2 N–H and O–H groups in total. The minimum atomic E-state index is -0.0145. The van der Waals surface area contributed by atoms with E-state index in [0.29, 0.717) is 18.7 Å². The van der Waals surface area contributed by atoms with Crippen molar-refractivity contribution in [3.8, 4) is 5.75 Å². The SMILES string of the molecule is CCCNC(=O)c1cccc(CNCc2ccccc2OC(C)C)c1. The monoisotopic (exact) mass is 340 g/mol. The van der Waals surface area contributed by atoms with E-state index in [1.54, 1.807) is 0 Å². The second-order valence-electron chi connectivity index (χ2n) is 6.33. The number of amides is 1. The molecule has 0 aliphatic rings. The summed E-state index contributed by atoms with van der Waals surface area (Å²) < 4.78 is 5.84. The van der Waals surface area contributed by atoms with Crippen LogP contribution in [-0.4, -0.2) is 18.6 Å². The van der Waals surface area contributed by atoms with Crippen LogP contribution in [0.5, 0.6) is 5.75 Å². The number of ether oxygens (including phenoxy) is 1. The molecule has 0 aliphatic heterocycles. The fourth-order valence-corrected chi connectivity index (χ4v) is 2.52. The highest BCUT2D eigenvalue weighted by atomic mass is 16.5. The Labute approximate surface area is 150 Å². The van der Waals surface area contributed by atoms with Crippen molar-refractivity contribution in [1.29, 1.82) is 0 Å². The van der Waals surface area contributed by atoms with Gasteiger partial charge in [0.05, 0.1) is 6.10 Å². The molecule has 0 heterocycles. The Balaban J connectivity index is 1.93. The van der Waals surface area contributed by atoms with E-state index in [1.165, 1.54) is 0 Å². The van der Waals surface area contributed by atoms with E-state index in [1.807, 2.05) is 63.2 Å². The van der Waals surface area contributed by atoms with Gasteiger partial charge in [0.1, 0.15) is 5.75 Å². The summed E-state index contributed by atoms with van der Waals surface area (Å²) in [4.78, 5) is 12.1. The van der Waals surface area contributed by atoms with Gasteiger partial charge in [0.15, 0.2) is 0 Å². The van der Waals surface area contributed by atoms with Gasteiger partial charge in [0.25, 0.3) is 5.91 Å². The molecule has 0 unspecified atom stereocenters. The second-order valence-corrected chi connectivity index (χ2v) is 6.33. The fraction of sp³-hybridized carbons (Fsp3) is 0.381. The van der Waals surface area contributed by atoms with Gasteiger partial charge in [0.2, 0.25) is 0 Å². The summed E-state index contributed by atoms with van der Waals surface area (Å²) >= 11 is 0. The minimum absolute atomic E-state index is 0.0145. The number of nitrogens with one attached hydrogen (secondary N) is 2. The molecule has 0 radical (unpaired) electrons. The van der Waals surface area contributed by atoms with Crippen LogP contribution in [0.4, 0.5) is 0 Å². The number of hydrogen-bond acceptors (Lipinski definition) is 3. The fourth-order valence-electron chi connectivity index (χ4n) is 2.52. The molecule has 134 valence electrons. The van der Waals surface area contributed by atoms with Gasteiger partial charge in [-0.2, -0.15) is 0 Å². The van der Waals surface area contributed by atoms with E-state index in [9.17, 15) is 4.79 Å². The lowest BCUT2D eigenvalue weighted by atomic mass is 10.1. The van der Waals surface area contributed by atoms with E-state index in [4.69, 9.17) is 4.74 Å². The Morgan fingerprint density at radius 3 is 2.64 bits per heavy atom. The van der Waals surface area contributed by atoms with E-state index in [-0.39, 0.29) is 12.0 Å². The first-order valence-corrected chi connectivity index (χ1v) is 8.92. The summed E-state index contributed by atoms with van der Waals surface area (Å²) in [6.07, 6.45) is 1.09. The average molecular weight is 340 g/mol. The van der Waals surface area contributed by atoms with Crippen LogP contribution in [0.1, 0.15) is 48.7 Å². The summed E-state index contributed by atoms with van der Waals surface area (Å²) in [5.41, 5.74) is 2.93.